The van der Waals surface area contributed by atoms with Crippen LogP contribution in [0.25, 0.3) is 0 Å². The van der Waals surface area contributed by atoms with Gasteiger partial charge in [0.25, 0.3) is 0 Å². The van der Waals surface area contributed by atoms with Gasteiger partial charge in [-0.05, 0) is 19.3 Å². The van der Waals surface area contributed by atoms with Crippen molar-refractivity contribution in [1.29, 1.82) is 0 Å². The summed E-state index contributed by atoms with van der Waals surface area (Å²) in [6.07, 6.45) is 3.78. The summed E-state index contributed by atoms with van der Waals surface area (Å²) in [6, 6.07) is 0. The van der Waals surface area contributed by atoms with E-state index in [0.29, 0.717) is 12.0 Å². The summed E-state index contributed by atoms with van der Waals surface area (Å²) in [4.78, 5) is 16.5. The van der Waals surface area contributed by atoms with E-state index in [0.717, 1.165) is 45.8 Å². The van der Waals surface area contributed by atoms with E-state index >= 15 is 0 Å². The van der Waals surface area contributed by atoms with E-state index in [2.05, 4.69) is 11.8 Å². The quantitative estimate of drug-likeness (QED) is 0.759. The van der Waals surface area contributed by atoms with Gasteiger partial charge in [-0.15, -0.1) is 0 Å². The second kappa shape index (κ2) is 6.53. The zero-order chi connectivity index (χ0) is 13.0. The highest BCUT2D eigenvalue weighted by Gasteiger charge is 2.26. The molecular weight excluding hydrogens is 228 g/mol. The highest BCUT2D eigenvalue weighted by atomic mass is 16.5. The van der Waals surface area contributed by atoms with Crippen LogP contribution >= 0.6 is 0 Å². The molecule has 18 heavy (non-hydrogen) atoms. The van der Waals surface area contributed by atoms with Crippen LogP contribution in [0.5, 0.6) is 0 Å². The molecular formula is C14H26N2O2. The van der Waals surface area contributed by atoms with E-state index in [1.54, 1.807) is 0 Å². The third-order valence-electron chi connectivity index (χ3n) is 4.20. The number of amides is 1. The van der Waals surface area contributed by atoms with Crippen LogP contribution in [0.2, 0.25) is 0 Å². The summed E-state index contributed by atoms with van der Waals surface area (Å²) < 4.78 is 5.66. The lowest BCUT2D eigenvalue weighted by Gasteiger charge is -2.36. The molecule has 2 atom stereocenters. The van der Waals surface area contributed by atoms with Crippen LogP contribution in [0.1, 0.15) is 33.1 Å². The van der Waals surface area contributed by atoms with Crippen molar-refractivity contribution < 1.29 is 9.53 Å². The summed E-state index contributed by atoms with van der Waals surface area (Å²) >= 11 is 0. The SMILES string of the molecule is CC[C@H](C)C(=O)N1CCN(C[C@@H]2CCCO2)CC1. The highest BCUT2D eigenvalue weighted by Crippen LogP contribution is 2.15. The summed E-state index contributed by atoms with van der Waals surface area (Å²) in [5.41, 5.74) is 0. The van der Waals surface area contributed by atoms with Crippen molar-refractivity contribution in [2.45, 2.75) is 39.2 Å². The predicted molar refractivity (Wildman–Crippen MR) is 71.4 cm³/mol. The Morgan fingerprint density at radius 2 is 2.06 bits per heavy atom. The van der Waals surface area contributed by atoms with Crippen LogP contribution in [-0.2, 0) is 9.53 Å². The first kappa shape index (κ1) is 13.8. The largest absolute Gasteiger partial charge is 0.377 e. The number of hydrogen-bond acceptors (Lipinski definition) is 3. The van der Waals surface area contributed by atoms with E-state index in [-0.39, 0.29) is 5.92 Å². The molecule has 2 aliphatic rings. The Morgan fingerprint density at radius 3 is 2.61 bits per heavy atom. The van der Waals surface area contributed by atoms with E-state index < -0.39 is 0 Å². The third-order valence-corrected chi connectivity index (χ3v) is 4.20. The maximum atomic E-state index is 12.1. The number of piperazine rings is 1. The average molecular weight is 254 g/mol. The summed E-state index contributed by atoms with van der Waals surface area (Å²) in [7, 11) is 0. The molecule has 2 aliphatic heterocycles. The number of rotatable bonds is 4. The van der Waals surface area contributed by atoms with Crippen molar-refractivity contribution in [3.05, 3.63) is 0 Å². The first-order valence-corrected chi connectivity index (χ1v) is 7.33. The molecule has 0 bridgehead atoms. The molecule has 104 valence electrons. The maximum Gasteiger partial charge on any atom is 0.225 e. The highest BCUT2D eigenvalue weighted by molar-refractivity contribution is 5.78. The Bertz CT molecular complexity index is 269. The lowest BCUT2D eigenvalue weighted by molar-refractivity contribution is -0.137. The molecule has 0 unspecified atom stereocenters. The molecule has 0 aromatic heterocycles. The van der Waals surface area contributed by atoms with Crippen LogP contribution in [0.3, 0.4) is 0 Å². The standard InChI is InChI=1S/C14H26N2O2/c1-3-12(2)14(17)16-8-6-15(7-9-16)11-13-5-4-10-18-13/h12-13H,3-11H2,1-2H3/t12-,13-/m0/s1. The molecule has 2 rings (SSSR count). The van der Waals surface area contributed by atoms with Crippen LogP contribution in [0.4, 0.5) is 0 Å². The normalized spacial score (nSPS) is 27.4. The van der Waals surface area contributed by atoms with E-state index in [1.165, 1.54) is 12.8 Å². The average Bonchev–Trinajstić information content (AvgIpc) is 2.91. The molecule has 2 saturated heterocycles. The van der Waals surface area contributed by atoms with Gasteiger partial charge in [0.05, 0.1) is 6.10 Å². The third kappa shape index (κ3) is 3.45. The molecule has 0 aromatic carbocycles. The van der Waals surface area contributed by atoms with Crippen molar-refractivity contribution in [1.82, 2.24) is 9.80 Å². The van der Waals surface area contributed by atoms with E-state index in [9.17, 15) is 4.79 Å². The Balaban J connectivity index is 1.72. The lowest BCUT2D eigenvalue weighted by atomic mass is 10.1. The van der Waals surface area contributed by atoms with Gasteiger partial charge < -0.3 is 9.64 Å². The van der Waals surface area contributed by atoms with Gasteiger partial charge in [-0.1, -0.05) is 13.8 Å². The second-order valence-electron chi connectivity index (χ2n) is 5.57. The summed E-state index contributed by atoms with van der Waals surface area (Å²) in [6.45, 7) is 9.86. The van der Waals surface area contributed by atoms with Crippen LogP contribution < -0.4 is 0 Å². The summed E-state index contributed by atoms with van der Waals surface area (Å²) in [5, 5.41) is 0. The molecule has 0 saturated carbocycles. The van der Waals surface area contributed by atoms with E-state index in [4.69, 9.17) is 4.74 Å². The van der Waals surface area contributed by atoms with Gasteiger partial charge in [-0.2, -0.15) is 0 Å². The fraction of sp³-hybridized carbons (Fsp3) is 0.929. The molecule has 2 fully saturated rings. The van der Waals surface area contributed by atoms with E-state index in [1.807, 2.05) is 11.8 Å². The molecule has 4 nitrogen and oxygen atoms in total. The van der Waals surface area contributed by atoms with Gasteiger partial charge in [0.1, 0.15) is 0 Å². The van der Waals surface area contributed by atoms with Crippen LogP contribution in [0, 0.1) is 5.92 Å². The van der Waals surface area contributed by atoms with Crippen LogP contribution in [-0.4, -0.2) is 61.1 Å². The monoisotopic (exact) mass is 254 g/mol. The molecule has 0 N–H and O–H groups in total. The molecule has 1 amide bonds. The smallest absolute Gasteiger partial charge is 0.225 e. The lowest BCUT2D eigenvalue weighted by Crippen LogP contribution is -2.51. The fourth-order valence-corrected chi connectivity index (χ4v) is 2.71. The zero-order valence-corrected chi connectivity index (χ0v) is 11.7. The number of nitrogens with zero attached hydrogens (tertiary/aromatic N) is 2. The first-order valence-electron chi connectivity index (χ1n) is 7.33. The van der Waals surface area contributed by atoms with Gasteiger partial charge >= 0.3 is 0 Å². The minimum atomic E-state index is 0.176. The topological polar surface area (TPSA) is 32.8 Å². The van der Waals surface area contributed by atoms with Gasteiger partial charge in [0.2, 0.25) is 5.91 Å². The van der Waals surface area contributed by atoms with Gasteiger partial charge in [0, 0.05) is 45.2 Å². The van der Waals surface area contributed by atoms with Crippen molar-refractivity contribution in [2.24, 2.45) is 5.92 Å². The Morgan fingerprint density at radius 1 is 1.33 bits per heavy atom. The Kier molecular flexibility index (Phi) is 5.01. The van der Waals surface area contributed by atoms with Gasteiger partial charge in [-0.25, -0.2) is 0 Å². The van der Waals surface area contributed by atoms with Gasteiger partial charge in [-0.3, -0.25) is 9.69 Å². The number of carbonyl (C=O) groups is 1. The van der Waals surface area contributed by atoms with Crippen molar-refractivity contribution in [2.75, 3.05) is 39.3 Å². The molecule has 0 spiro atoms. The molecule has 0 radical (unpaired) electrons. The number of carbonyl (C=O) groups excluding carboxylic acids is 1. The first-order chi connectivity index (χ1) is 8.70. The zero-order valence-electron chi connectivity index (χ0n) is 11.7. The Labute approximate surface area is 110 Å². The number of ether oxygens (including phenoxy) is 1. The van der Waals surface area contributed by atoms with Crippen molar-refractivity contribution >= 4 is 5.91 Å². The number of hydrogen-bond donors (Lipinski definition) is 0. The minimum Gasteiger partial charge on any atom is -0.377 e. The predicted octanol–water partition coefficient (Wildman–Crippen LogP) is 1.36. The summed E-state index contributed by atoms with van der Waals surface area (Å²) in [5.74, 6) is 0.504. The molecule has 0 aliphatic carbocycles. The molecule has 0 aromatic rings. The molecule has 4 heteroatoms. The van der Waals surface area contributed by atoms with Crippen LogP contribution in [0.15, 0.2) is 0 Å². The van der Waals surface area contributed by atoms with Crippen molar-refractivity contribution in [3.8, 4) is 0 Å². The fourth-order valence-electron chi connectivity index (χ4n) is 2.71. The molecule has 2 heterocycles. The maximum absolute atomic E-state index is 12.1. The van der Waals surface area contributed by atoms with Crippen molar-refractivity contribution in [3.63, 3.8) is 0 Å². The minimum absolute atomic E-state index is 0.176. The second-order valence-corrected chi connectivity index (χ2v) is 5.57. The Hall–Kier alpha value is -0.610. The van der Waals surface area contributed by atoms with Gasteiger partial charge in [0.15, 0.2) is 0 Å².